The molecular weight excluding hydrogens is 369 g/mol. The minimum absolute atomic E-state index is 0.0283. The van der Waals surface area contributed by atoms with Crippen LogP contribution in [0.1, 0.15) is 30.9 Å². The summed E-state index contributed by atoms with van der Waals surface area (Å²) in [6.45, 7) is 0.421. The first kappa shape index (κ1) is 20.5. The zero-order chi connectivity index (χ0) is 20.2. The smallest absolute Gasteiger partial charge is 0.481 e. The third-order valence-corrected chi connectivity index (χ3v) is 4.24. The van der Waals surface area contributed by atoms with E-state index in [-0.39, 0.29) is 12.3 Å². The van der Waals surface area contributed by atoms with E-state index in [2.05, 4.69) is 10.1 Å². The first-order valence-electron chi connectivity index (χ1n) is 8.17. The van der Waals surface area contributed by atoms with Crippen molar-refractivity contribution in [3.05, 3.63) is 29.8 Å². The van der Waals surface area contributed by atoms with Crippen LogP contribution in [0.5, 0.6) is 5.75 Å². The van der Waals surface area contributed by atoms with Crippen LogP contribution in [-0.2, 0) is 14.4 Å². The number of hydrogen-bond donors (Lipinski definition) is 2. The molecule has 0 spiro atoms. The fourth-order valence-electron chi connectivity index (χ4n) is 2.78. The molecule has 0 radical (unpaired) electrons. The largest absolute Gasteiger partial charge is 0.573 e. The Morgan fingerprint density at radius 3 is 2.48 bits per heavy atom. The molecule has 2 N–H and O–H groups in total. The van der Waals surface area contributed by atoms with Gasteiger partial charge in [0.15, 0.2) is 0 Å². The van der Waals surface area contributed by atoms with Gasteiger partial charge in [-0.2, -0.15) is 0 Å². The molecule has 0 bridgehead atoms. The van der Waals surface area contributed by atoms with Gasteiger partial charge in [-0.15, -0.1) is 13.2 Å². The standard InChI is InChI=1S/C17H19F3N2O5/c1-22-7-6-11(8-14(22)23)16(26)21-13(9-15(24)25)10-2-4-12(5-3-10)27-17(18,19)20/h2-5,11,13H,6-9H2,1H3,(H,21,26)(H,24,25)/t11-,13+/m1/s1. The van der Waals surface area contributed by atoms with Gasteiger partial charge >= 0.3 is 12.3 Å². The second-order valence-corrected chi connectivity index (χ2v) is 6.28. The second kappa shape index (κ2) is 8.28. The maximum Gasteiger partial charge on any atom is 0.573 e. The predicted molar refractivity (Wildman–Crippen MR) is 86.6 cm³/mol. The highest BCUT2D eigenvalue weighted by atomic mass is 19.4. The molecule has 0 unspecified atom stereocenters. The van der Waals surface area contributed by atoms with Gasteiger partial charge in [-0.3, -0.25) is 14.4 Å². The first-order valence-corrected chi connectivity index (χ1v) is 8.17. The highest BCUT2D eigenvalue weighted by molar-refractivity contribution is 5.87. The third kappa shape index (κ3) is 6.15. The number of likely N-dealkylation sites (tertiary alicyclic amines) is 1. The zero-order valence-electron chi connectivity index (χ0n) is 14.5. The zero-order valence-corrected chi connectivity index (χ0v) is 14.5. The Kier molecular flexibility index (Phi) is 6.29. The highest BCUT2D eigenvalue weighted by Gasteiger charge is 2.32. The van der Waals surface area contributed by atoms with Crippen molar-refractivity contribution in [1.82, 2.24) is 10.2 Å². The van der Waals surface area contributed by atoms with E-state index in [0.717, 1.165) is 12.1 Å². The molecule has 2 amide bonds. The normalized spacial score (nSPS) is 18.7. The Bertz CT molecular complexity index is 706. The molecular formula is C17H19F3N2O5. The number of nitrogens with one attached hydrogen (secondary N) is 1. The summed E-state index contributed by atoms with van der Waals surface area (Å²) in [6, 6.07) is 3.67. The van der Waals surface area contributed by atoms with E-state index in [0.29, 0.717) is 18.5 Å². The van der Waals surface area contributed by atoms with Crippen LogP contribution in [-0.4, -0.2) is 47.7 Å². The molecule has 2 rings (SSSR count). The molecule has 1 saturated heterocycles. The van der Waals surface area contributed by atoms with Crippen LogP contribution in [0.3, 0.4) is 0 Å². The number of hydrogen-bond acceptors (Lipinski definition) is 4. The summed E-state index contributed by atoms with van der Waals surface area (Å²) < 4.78 is 40.4. The lowest BCUT2D eigenvalue weighted by Gasteiger charge is -2.29. The quantitative estimate of drug-likeness (QED) is 0.778. The summed E-state index contributed by atoms with van der Waals surface area (Å²) >= 11 is 0. The number of rotatable bonds is 6. The van der Waals surface area contributed by atoms with Gasteiger partial charge in [-0.25, -0.2) is 0 Å². The molecule has 2 atom stereocenters. The van der Waals surface area contributed by atoms with Crippen molar-refractivity contribution < 1.29 is 37.4 Å². The number of aliphatic carboxylic acids is 1. The Hall–Kier alpha value is -2.78. The molecule has 1 aromatic rings. The lowest BCUT2D eigenvalue weighted by molar-refractivity contribution is -0.274. The molecule has 1 aliphatic heterocycles. The van der Waals surface area contributed by atoms with Crippen molar-refractivity contribution >= 4 is 17.8 Å². The maximum absolute atomic E-state index is 12.4. The van der Waals surface area contributed by atoms with Crippen molar-refractivity contribution in [2.45, 2.75) is 31.7 Å². The van der Waals surface area contributed by atoms with Crippen molar-refractivity contribution in [3.8, 4) is 5.75 Å². The number of halogens is 3. The third-order valence-electron chi connectivity index (χ3n) is 4.24. The lowest BCUT2D eigenvalue weighted by Crippen LogP contribution is -2.43. The summed E-state index contributed by atoms with van der Waals surface area (Å²) in [6.07, 6.45) is -4.81. The van der Waals surface area contributed by atoms with Gasteiger partial charge in [0.2, 0.25) is 11.8 Å². The number of carbonyl (C=O) groups is 3. The van der Waals surface area contributed by atoms with Crippen LogP contribution in [0.15, 0.2) is 24.3 Å². The van der Waals surface area contributed by atoms with Crippen LogP contribution in [0.2, 0.25) is 0 Å². The molecule has 0 aliphatic carbocycles. The van der Waals surface area contributed by atoms with E-state index in [1.54, 1.807) is 7.05 Å². The summed E-state index contributed by atoms with van der Waals surface area (Å²) in [7, 11) is 1.63. The summed E-state index contributed by atoms with van der Waals surface area (Å²) in [5.74, 6) is -2.84. The summed E-state index contributed by atoms with van der Waals surface area (Å²) in [5.41, 5.74) is 0.319. The first-order chi connectivity index (χ1) is 12.5. The Labute approximate surface area is 153 Å². The monoisotopic (exact) mass is 388 g/mol. The number of carboxylic acids is 1. The van der Waals surface area contributed by atoms with Gasteiger partial charge in [0.25, 0.3) is 0 Å². The van der Waals surface area contributed by atoms with Crippen molar-refractivity contribution in [2.75, 3.05) is 13.6 Å². The molecule has 7 nitrogen and oxygen atoms in total. The Balaban J connectivity index is 2.09. The van der Waals surface area contributed by atoms with E-state index >= 15 is 0 Å². The Morgan fingerprint density at radius 1 is 1.33 bits per heavy atom. The van der Waals surface area contributed by atoms with Crippen molar-refractivity contribution in [2.24, 2.45) is 5.92 Å². The van der Waals surface area contributed by atoms with Gasteiger partial charge in [0.05, 0.1) is 12.5 Å². The van der Waals surface area contributed by atoms with Gasteiger partial charge in [0, 0.05) is 25.9 Å². The molecule has 1 fully saturated rings. The van der Waals surface area contributed by atoms with E-state index in [9.17, 15) is 27.6 Å². The van der Waals surface area contributed by atoms with E-state index in [1.807, 2.05) is 0 Å². The van der Waals surface area contributed by atoms with Gasteiger partial charge < -0.3 is 20.1 Å². The molecule has 10 heteroatoms. The fraction of sp³-hybridized carbons (Fsp3) is 0.471. The Morgan fingerprint density at radius 2 is 1.96 bits per heavy atom. The maximum atomic E-state index is 12.4. The number of carbonyl (C=O) groups excluding carboxylic acids is 2. The number of piperidine rings is 1. The molecule has 1 aromatic carbocycles. The van der Waals surface area contributed by atoms with E-state index < -0.39 is 42.4 Å². The summed E-state index contributed by atoms with van der Waals surface area (Å²) in [4.78, 5) is 36.8. The van der Waals surface area contributed by atoms with Gasteiger partial charge in [0.1, 0.15) is 5.75 Å². The molecule has 1 heterocycles. The van der Waals surface area contributed by atoms with Crippen LogP contribution in [0, 0.1) is 5.92 Å². The molecule has 1 aliphatic rings. The van der Waals surface area contributed by atoms with Crippen LogP contribution >= 0.6 is 0 Å². The predicted octanol–water partition coefficient (Wildman–Crippen LogP) is 2.09. The molecule has 148 valence electrons. The minimum atomic E-state index is -4.84. The number of benzene rings is 1. The number of ether oxygens (including phenoxy) is 1. The van der Waals surface area contributed by atoms with Gasteiger partial charge in [-0.05, 0) is 24.1 Å². The lowest BCUT2D eigenvalue weighted by atomic mass is 9.94. The van der Waals surface area contributed by atoms with Crippen LogP contribution < -0.4 is 10.1 Å². The van der Waals surface area contributed by atoms with E-state index in [4.69, 9.17) is 5.11 Å². The van der Waals surface area contributed by atoms with Crippen molar-refractivity contribution in [1.29, 1.82) is 0 Å². The van der Waals surface area contributed by atoms with Crippen LogP contribution in [0.25, 0.3) is 0 Å². The molecule has 27 heavy (non-hydrogen) atoms. The fourth-order valence-corrected chi connectivity index (χ4v) is 2.78. The molecule has 0 aromatic heterocycles. The number of carboxylic acid groups (broad SMARTS) is 1. The SMILES string of the molecule is CN1CC[C@@H](C(=O)N[C@@H](CC(=O)O)c2ccc(OC(F)(F)F)cc2)CC1=O. The number of nitrogens with zero attached hydrogens (tertiary/aromatic N) is 1. The topological polar surface area (TPSA) is 95.9 Å². The highest BCUT2D eigenvalue weighted by Crippen LogP contribution is 2.26. The van der Waals surface area contributed by atoms with E-state index in [1.165, 1.54) is 17.0 Å². The van der Waals surface area contributed by atoms with Crippen LogP contribution in [0.4, 0.5) is 13.2 Å². The minimum Gasteiger partial charge on any atom is -0.481 e. The summed E-state index contributed by atoms with van der Waals surface area (Å²) in [5, 5.41) is 11.7. The second-order valence-electron chi connectivity index (χ2n) is 6.28. The molecule has 0 saturated carbocycles. The average molecular weight is 388 g/mol. The van der Waals surface area contributed by atoms with Gasteiger partial charge in [-0.1, -0.05) is 12.1 Å². The number of amides is 2. The average Bonchev–Trinajstić information content (AvgIpc) is 2.55. The number of alkyl halides is 3. The van der Waals surface area contributed by atoms with Crippen molar-refractivity contribution in [3.63, 3.8) is 0 Å².